The molecule has 1 aliphatic rings. The van der Waals surface area contributed by atoms with E-state index in [4.69, 9.17) is 16.7 Å². The molecule has 1 heterocycles. The first-order valence-corrected chi connectivity index (χ1v) is 4.90. The molecule has 1 fully saturated rings. The average Bonchev–Trinajstić information content (AvgIpc) is 2.88. The topological polar surface area (TPSA) is 50.2 Å². The molecule has 14 heavy (non-hydrogen) atoms. The van der Waals surface area contributed by atoms with Crippen molar-refractivity contribution in [2.45, 2.75) is 18.8 Å². The predicted octanol–water partition coefficient (Wildman–Crippen LogP) is 2.31. The molecule has 0 aliphatic heterocycles. The highest BCUT2D eigenvalue weighted by molar-refractivity contribution is 6.29. The number of carbonyl (C=O) groups is 1. The van der Waals surface area contributed by atoms with E-state index in [-0.39, 0.29) is 5.92 Å². The van der Waals surface area contributed by atoms with Crippen LogP contribution in [-0.2, 0) is 4.79 Å². The second kappa shape index (κ2) is 3.58. The summed E-state index contributed by atoms with van der Waals surface area (Å²) >= 11 is 5.71. The monoisotopic (exact) mass is 211 g/mol. The van der Waals surface area contributed by atoms with E-state index in [0.29, 0.717) is 5.15 Å². The maximum Gasteiger partial charge on any atom is 0.311 e. The number of halogens is 1. The number of hydrogen-bond acceptors (Lipinski definition) is 2. The number of carboxylic acid groups (broad SMARTS) is 1. The number of aromatic nitrogens is 1. The summed E-state index contributed by atoms with van der Waals surface area (Å²) in [6.07, 6.45) is 3.55. The van der Waals surface area contributed by atoms with Crippen molar-refractivity contribution in [1.82, 2.24) is 4.98 Å². The van der Waals surface area contributed by atoms with E-state index in [1.165, 1.54) is 0 Å². The van der Waals surface area contributed by atoms with Crippen LogP contribution in [-0.4, -0.2) is 16.1 Å². The Hall–Kier alpha value is -1.09. The van der Waals surface area contributed by atoms with Gasteiger partial charge >= 0.3 is 5.97 Å². The lowest BCUT2D eigenvalue weighted by Gasteiger charge is -2.10. The van der Waals surface area contributed by atoms with Crippen LogP contribution >= 0.6 is 11.6 Å². The minimum absolute atomic E-state index is 0.283. The Balaban J connectivity index is 2.30. The molecule has 3 nitrogen and oxygen atoms in total. The van der Waals surface area contributed by atoms with Crippen molar-refractivity contribution in [3.05, 3.63) is 29.0 Å². The summed E-state index contributed by atoms with van der Waals surface area (Å²) in [5, 5.41) is 9.42. The molecule has 0 amide bonds. The molecule has 0 bridgehead atoms. The third kappa shape index (κ3) is 1.87. The second-order valence-electron chi connectivity index (χ2n) is 3.57. The first-order chi connectivity index (χ1) is 6.68. The molecule has 1 saturated carbocycles. The van der Waals surface area contributed by atoms with Crippen LogP contribution < -0.4 is 0 Å². The summed E-state index contributed by atoms with van der Waals surface area (Å²) in [4.78, 5) is 14.9. The summed E-state index contributed by atoms with van der Waals surface area (Å²) in [5.41, 5.74) is 0.764. The van der Waals surface area contributed by atoms with Gasteiger partial charge in [-0.15, -0.1) is 0 Å². The molecule has 1 aromatic rings. The van der Waals surface area contributed by atoms with E-state index in [1.807, 2.05) is 0 Å². The van der Waals surface area contributed by atoms with Gasteiger partial charge in [0.05, 0.1) is 5.92 Å². The standard InChI is InChI=1S/C10H10ClNO2/c11-8-5-7(3-4-12-8)9(10(13)14)6-1-2-6/h3-6,9H,1-2H2,(H,13,14)/t9-/m0/s1. The SMILES string of the molecule is O=C(O)[C@H](c1ccnc(Cl)c1)C1CC1. The van der Waals surface area contributed by atoms with Crippen molar-refractivity contribution in [1.29, 1.82) is 0 Å². The normalized spacial score (nSPS) is 17.8. The van der Waals surface area contributed by atoms with Crippen LogP contribution in [0, 0.1) is 5.92 Å². The number of aliphatic carboxylic acids is 1. The largest absolute Gasteiger partial charge is 0.481 e. The molecule has 74 valence electrons. The summed E-state index contributed by atoms with van der Waals surface area (Å²) in [5.74, 6) is -0.892. The van der Waals surface area contributed by atoms with Crippen molar-refractivity contribution in [2.75, 3.05) is 0 Å². The molecular formula is C10H10ClNO2. The average molecular weight is 212 g/mol. The highest BCUT2D eigenvalue weighted by Crippen LogP contribution is 2.42. The number of nitrogens with zero attached hydrogens (tertiary/aromatic N) is 1. The van der Waals surface area contributed by atoms with Crippen LogP contribution in [0.1, 0.15) is 24.3 Å². The molecule has 1 aromatic heterocycles. The first kappa shape index (κ1) is 9.46. The summed E-state index contributed by atoms with van der Waals surface area (Å²) < 4.78 is 0. The zero-order valence-corrected chi connectivity index (χ0v) is 8.24. The van der Waals surface area contributed by atoms with Gasteiger partial charge in [0.25, 0.3) is 0 Å². The fourth-order valence-electron chi connectivity index (χ4n) is 1.66. The van der Waals surface area contributed by atoms with Gasteiger partial charge in [-0.1, -0.05) is 11.6 Å². The molecule has 0 radical (unpaired) electrons. The lowest BCUT2D eigenvalue weighted by atomic mass is 9.95. The molecule has 4 heteroatoms. The third-order valence-electron chi connectivity index (χ3n) is 2.47. The van der Waals surface area contributed by atoms with Gasteiger partial charge in [-0.2, -0.15) is 0 Å². The third-order valence-corrected chi connectivity index (χ3v) is 2.68. The Morgan fingerprint density at radius 2 is 2.36 bits per heavy atom. The summed E-state index contributed by atoms with van der Waals surface area (Å²) in [7, 11) is 0. The highest BCUT2D eigenvalue weighted by Gasteiger charge is 2.37. The molecule has 1 atom stereocenters. The van der Waals surface area contributed by atoms with Gasteiger partial charge in [0.1, 0.15) is 5.15 Å². The fraction of sp³-hybridized carbons (Fsp3) is 0.400. The van der Waals surface area contributed by atoms with E-state index in [1.54, 1.807) is 18.3 Å². The van der Waals surface area contributed by atoms with Crippen LogP contribution in [0.2, 0.25) is 5.15 Å². The number of pyridine rings is 1. The van der Waals surface area contributed by atoms with Gasteiger partial charge < -0.3 is 5.11 Å². The zero-order chi connectivity index (χ0) is 10.1. The van der Waals surface area contributed by atoms with Gasteiger partial charge in [-0.05, 0) is 36.5 Å². The molecule has 0 saturated heterocycles. The van der Waals surface area contributed by atoms with Gasteiger partial charge in [-0.3, -0.25) is 4.79 Å². The van der Waals surface area contributed by atoms with Crippen molar-refractivity contribution >= 4 is 17.6 Å². The van der Waals surface area contributed by atoms with Gasteiger partial charge in [-0.25, -0.2) is 4.98 Å². The smallest absolute Gasteiger partial charge is 0.311 e. The molecule has 1 N–H and O–H groups in total. The van der Waals surface area contributed by atoms with Gasteiger partial charge in [0.15, 0.2) is 0 Å². The zero-order valence-electron chi connectivity index (χ0n) is 7.48. The van der Waals surface area contributed by atoms with E-state index >= 15 is 0 Å². The van der Waals surface area contributed by atoms with Gasteiger partial charge in [0.2, 0.25) is 0 Å². The Morgan fingerprint density at radius 3 is 2.86 bits per heavy atom. The highest BCUT2D eigenvalue weighted by atomic mass is 35.5. The molecule has 1 aliphatic carbocycles. The van der Waals surface area contributed by atoms with Crippen molar-refractivity contribution in [2.24, 2.45) is 5.92 Å². The van der Waals surface area contributed by atoms with Crippen LogP contribution in [0.25, 0.3) is 0 Å². The van der Waals surface area contributed by atoms with E-state index in [2.05, 4.69) is 4.98 Å². The molecule has 0 unspecified atom stereocenters. The quantitative estimate of drug-likeness (QED) is 0.781. The minimum Gasteiger partial charge on any atom is -0.481 e. The van der Waals surface area contributed by atoms with E-state index < -0.39 is 11.9 Å². The molecule has 0 spiro atoms. The Labute approximate surface area is 86.7 Å². The van der Waals surface area contributed by atoms with Crippen molar-refractivity contribution < 1.29 is 9.90 Å². The Morgan fingerprint density at radius 1 is 1.64 bits per heavy atom. The lowest BCUT2D eigenvalue weighted by molar-refractivity contribution is -0.139. The van der Waals surface area contributed by atoms with Crippen molar-refractivity contribution in [3.8, 4) is 0 Å². The summed E-state index contributed by atoms with van der Waals surface area (Å²) in [6, 6.07) is 3.36. The Bertz CT molecular complexity index is 363. The van der Waals surface area contributed by atoms with Crippen LogP contribution in [0.4, 0.5) is 0 Å². The number of carboxylic acids is 1. The number of rotatable bonds is 3. The maximum atomic E-state index is 11.0. The lowest BCUT2D eigenvalue weighted by Crippen LogP contribution is -2.13. The fourth-order valence-corrected chi connectivity index (χ4v) is 1.84. The molecule has 0 aromatic carbocycles. The number of hydrogen-bond donors (Lipinski definition) is 1. The summed E-state index contributed by atoms with van der Waals surface area (Å²) in [6.45, 7) is 0. The van der Waals surface area contributed by atoms with Crippen LogP contribution in [0.15, 0.2) is 18.3 Å². The van der Waals surface area contributed by atoms with Crippen molar-refractivity contribution in [3.63, 3.8) is 0 Å². The predicted molar refractivity (Wildman–Crippen MR) is 52.3 cm³/mol. The Kier molecular flexibility index (Phi) is 2.42. The van der Waals surface area contributed by atoms with Crippen LogP contribution in [0.3, 0.4) is 0 Å². The maximum absolute atomic E-state index is 11.0. The minimum atomic E-state index is -0.769. The van der Waals surface area contributed by atoms with E-state index in [9.17, 15) is 4.79 Å². The molecule has 2 rings (SSSR count). The van der Waals surface area contributed by atoms with Gasteiger partial charge in [0, 0.05) is 6.20 Å². The van der Waals surface area contributed by atoms with Crippen LogP contribution in [0.5, 0.6) is 0 Å². The second-order valence-corrected chi connectivity index (χ2v) is 3.95. The molecular weight excluding hydrogens is 202 g/mol. The van der Waals surface area contributed by atoms with E-state index in [0.717, 1.165) is 18.4 Å². The first-order valence-electron chi connectivity index (χ1n) is 4.53.